The van der Waals surface area contributed by atoms with Crippen LogP contribution in [0.3, 0.4) is 0 Å². The lowest BCUT2D eigenvalue weighted by Gasteiger charge is -2.36. The van der Waals surface area contributed by atoms with Crippen LogP contribution in [0, 0.1) is 5.41 Å². The molecular weight excluding hydrogens is 210 g/mol. The van der Waals surface area contributed by atoms with E-state index >= 15 is 0 Å². The van der Waals surface area contributed by atoms with Crippen LogP contribution >= 0.6 is 0 Å². The summed E-state index contributed by atoms with van der Waals surface area (Å²) >= 11 is 0. The minimum absolute atomic E-state index is 0.103. The zero-order valence-corrected chi connectivity index (χ0v) is 11.1. The van der Waals surface area contributed by atoms with E-state index in [-0.39, 0.29) is 5.54 Å². The SMILES string of the molecule is CC(C)(C)CC1(c2ccc(O)cc2)CCCN1. The van der Waals surface area contributed by atoms with Crippen LogP contribution in [0.2, 0.25) is 0 Å². The molecule has 1 fully saturated rings. The predicted octanol–water partition coefficient (Wildman–Crippen LogP) is 3.41. The molecule has 1 aromatic rings. The molecule has 2 N–H and O–H groups in total. The fourth-order valence-electron chi connectivity index (χ4n) is 2.99. The summed E-state index contributed by atoms with van der Waals surface area (Å²) in [6, 6.07) is 7.69. The van der Waals surface area contributed by atoms with E-state index < -0.39 is 0 Å². The summed E-state index contributed by atoms with van der Waals surface area (Å²) in [7, 11) is 0. The normalized spacial score (nSPS) is 25.1. The molecule has 0 radical (unpaired) electrons. The summed E-state index contributed by atoms with van der Waals surface area (Å²) in [6.45, 7) is 7.95. The molecule has 2 nitrogen and oxygen atoms in total. The second-order valence-electron chi connectivity index (χ2n) is 6.40. The molecule has 2 heteroatoms. The number of rotatable bonds is 2. The lowest BCUT2D eigenvalue weighted by molar-refractivity contribution is 0.232. The van der Waals surface area contributed by atoms with Crippen molar-refractivity contribution < 1.29 is 5.11 Å². The molecule has 0 amide bonds. The molecular formula is C15H23NO. The molecule has 1 unspecified atom stereocenters. The molecule has 1 heterocycles. The highest BCUT2D eigenvalue weighted by molar-refractivity contribution is 5.32. The van der Waals surface area contributed by atoms with Gasteiger partial charge in [-0.25, -0.2) is 0 Å². The van der Waals surface area contributed by atoms with Crippen LogP contribution in [0.4, 0.5) is 0 Å². The van der Waals surface area contributed by atoms with E-state index in [0.717, 1.165) is 13.0 Å². The molecule has 17 heavy (non-hydrogen) atoms. The number of benzene rings is 1. The lowest BCUT2D eigenvalue weighted by atomic mass is 9.75. The van der Waals surface area contributed by atoms with Crippen molar-refractivity contribution in [1.82, 2.24) is 5.32 Å². The number of phenolic OH excluding ortho intramolecular Hbond substituents is 1. The van der Waals surface area contributed by atoms with E-state index in [2.05, 4.69) is 38.2 Å². The van der Waals surface area contributed by atoms with E-state index in [1.807, 2.05) is 0 Å². The molecule has 0 spiro atoms. The van der Waals surface area contributed by atoms with Crippen LogP contribution in [0.25, 0.3) is 0 Å². The third-order valence-corrected chi connectivity index (χ3v) is 3.50. The lowest BCUT2D eigenvalue weighted by Crippen LogP contribution is -2.40. The average molecular weight is 233 g/mol. The second kappa shape index (κ2) is 4.34. The van der Waals surface area contributed by atoms with Gasteiger partial charge in [-0.3, -0.25) is 0 Å². The molecule has 1 atom stereocenters. The highest BCUT2D eigenvalue weighted by Crippen LogP contribution is 2.41. The van der Waals surface area contributed by atoms with Gasteiger partial charge in [-0.1, -0.05) is 32.9 Å². The Hall–Kier alpha value is -1.02. The van der Waals surface area contributed by atoms with Crippen molar-refractivity contribution in [2.75, 3.05) is 6.54 Å². The van der Waals surface area contributed by atoms with Crippen molar-refractivity contribution in [1.29, 1.82) is 0 Å². The van der Waals surface area contributed by atoms with Gasteiger partial charge in [-0.2, -0.15) is 0 Å². The number of nitrogens with one attached hydrogen (secondary N) is 1. The smallest absolute Gasteiger partial charge is 0.115 e. The molecule has 0 aromatic heterocycles. The number of aromatic hydroxyl groups is 1. The summed E-state index contributed by atoms with van der Waals surface area (Å²) < 4.78 is 0. The predicted molar refractivity (Wildman–Crippen MR) is 71.1 cm³/mol. The van der Waals surface area contributed by atoms with Crippen molar-refractivity contribution >= 4 is 0 Å². The summed E-state index contributed by atoms with van der Waals surface area (Å²) in [4.78, 5) is 0. The van der Waals surface area contributed by atoms with Crippen molar-refractivity contribution in [2.45, 2.75) is 45.6 Å². The van der Waals surface area contributed by atoms with Gasteiger partial charge >= 0.3 is 0 Å². The first kappa shape index (κ1) is 12.4. The standard InChI is InChI=1S/C15H23NO/c1-14(2,3)11-15(9-4-10-16-15)12-5-7-13(17)8-6-12/h5-8,16-17H,4,9-11H2,1-3H3. The highest BCUT2D eigenvalue weighted by Gasteiger charge is 2.38. The Bertz CT molecular complexity index is 369. The maximum absolute atomic E-state index is 9.40. The van der Waals surface area contributed by atoms with Gasteiger partial charge in [-0.15, -0.1) is 0 Å². The summed E-state index contributed by atoms with van der Waals surface area (Å²) in [5, 5.41) is 13.1. The van der Waals surface area contributed by atoms with Crippen LogP contribution < -0.4 is 5.32 Å². The van der Waals surface area contributed by atoms with Crippen molar-refractivity contribution in [3.63, 3.8) is 0 Å². The average Bonchev–Trinajstić information content (AvgIpc) is 2.65. The van der Waals surface area contributed by atoms with Crippen molar-refractivity contribution in [3.8, 4) is 5.75 Å². The molecule has 0 aliphatic carbocycles. The first-order valence-corrected chi connectivity index (χ1v) is 6.46. The van der Waals surface area contributed by atoms with Crippen molar-refractivity contribution in [3.05, 3.63) is 29.8 Å². The van der Waals surface area contributed by atoms with Gasteiger partial charge in [-0.05, 0) is 48.9 Å². The number of phenols is 1. The van der Waals surface area contributed by atoms with Gasteiger partial charge in [0, 0.05) is 5.54 Å². The molecule has 94 valence electrons. The van der Waals surface area contributed by atoms with Crippen molar-refractivity contribution in [2.24, 2.45) is 5.41 Å². The van der Waals surface area contributed by atoms with Gasteiger partial charge in [0.1, 0.15) is 5.75 Å². The highest BCUT2D eigenvalue weighted by atomic mass is 16.3. The monoisotopic (exact) mass is 233 g/mol. The van der Waals surface area contributed by atoms with E-state index in [0.29, 0.717) is 11.2 Å². The zero-order valence-electron chi connectivity index (χ0n) is 11.1. The summed E-state index contributed by atoms with van der Waals surface area (Å²) in [5.41, 5.74) is 1.71. The maximum atomic E-state index is 9.40. The van der Waals surface area contributed by atoms with Crippen LogP contribution in [0.1, 0.15) is 45.6 Å². The van der Waals surface area contributed by atoms with E-state index in [9.17, 15) is 5.11 Å². The third kappa shape index (κ3) is 2.81. The number of hydrogen-bond donors (Lipinski definition) is 2. The minimum Gasteiger partial charge on any atom is -0.508 e. The zero-order chi connectivity index (χ0) is 12.5. The maximum Gasteiger partial charge on any atom is 0.115 e. The fourth-order valence-corrected chi connectivity index (χ4v) is 2.99. The largest absolute Gasteiger partial charge is 0.508 e. The molecule has 1 aliphatic heterocycles. The van der Waals surface area contributed by atoms with Gasteiger partial charge in [0.25, 0.3) is 0 Å². The molecule has 0 bridgehead atoms. The number of hydrogen-bond acceptors (Lipinski definition) is 2. The first-order valence-electron chi connectivity index (χ1n) is 6.46. The Kier molecular flexibility index (Phi) is 3.17. The first-order chi connectivity index (χ1) is 7.91. The van der Waals surface area contributed by atoms with Crippen LogP contribution in [-0.4, -0.2) is 11.7 Å². The Morgan fingerprint density at radius 2 is 1.88 bits per heavy atom. The molecule has 1 aliphatic rings. The minimum atomic E-state index is 0.103. The topological polar surface area (TPSA) is 32.3 Å². The van der Waals surface area contributed by atoms with Gasteiger partial charge in [0.15, 0.2) is 0 Å². The van der Waals surface area contributed by atoms with Gasteiger partial charge in [0.2, 0.25) is 0 Å². The molecule has 0 saturated carbocycles. The Morgan fingerprint density at radius 1 is 1.24 bits per heavy atom. The molecule has 1 aromatic carbocycles. The molecule has 1 saturated heterocycles. The van der Waals surface area contributed by atoms with Gasteiger partial charge < -0.3 is 10.4 Å². The third-order valence-electron chi connectivity index (χ3n) is 3.50. The van der Waals surface area contributed by atoms with Crippen LogP contribution in [-0.2, 0) is 5.54 Å². The Morgan fingerprint density at radius 3 is 2.35 bits per heavy atom. The fraction of sp³-hybridized carbons (Fsp3) is 0.600. The van der Waals surface area contributed by atoms with E-state index in [4.69, 9.17) is 0 Å². The Balaban J connectivity index is 2.31. The second-order valence-corrected chi connectivity index (χ2v) is 6.40. The van der Waals surface area contributed by atoms with Crippen LogP contribution in [0.5, 0.6) is 5.75 Å². The summed E-state index contributed by atoms with van der Waals surface area (Å²) in [6.07, 6.45) is 3.55. The van der Waals surface area contributed by atoms with E-state index in [1.54, 1.807) is 12.1 Å². The quantitative estimate of drug-likeness (QED) is 0.820. The van der Waals surface area contributed by atoms with Crippen LogP contribution in [0.15, 0.2) is 24.3 Å². The Labute approximate surface area is 104 Å². The molecule has 2 rings (SSSR count). The van der Waals surface area contributed by atoms with Gasteiger partial charge in [0.05, 0.1) is 0 Å². The van der Waals surface area contributed by atoms with E-state index in [1.165, 1.54) is 18.4 Å². The summed E-state index contributed by atoms with van der Waals surface area (Å²) in [5.74, 6) is 0.345.